The first-order valence-electron chi connectivity index (χ1n) is 7.28. The molecule has 0 spiro atoms. The van der Waals surface area contributed by atoms with Crippen molar-refractivity contribution in [3.05, 3.63) is 51.2 Å². The highest BCUT2D eigenvalue weighted by Crippen LogP contribution is 2.29. The van der Waals surface area contributed by atoms with Crippen LogP contribution in [-0.2, 0) is 19.4 Å². The minimum atomic E-state index is 0.275. The lowest BCUT2D eigenvalue weighted by Crippen LogP contribution is -2.29. The van der Waals surface area contributed by atoms with Gasteiger partial charge in [-0.1, -0.05) is 24.6 Å². The molecule has 1 aromatic carbocycles. The summed E-state index contributed by atoms with van der Waals surface area (Å²) in [6.07, 6.45) is 2.41. The summed E-state index contributed by atoms with van der Waals surface area (Å²) in [6.45, 7) is 6.21. The zero-order valence-electron chi connectivity index (χ0n) is 12.1. The molecule has 0 aliphatic carbocycles. The second kappa shape index (κ2) is 5.98. The maximum absolute atomic E-state index is 5.98. The first-order valence-corrected chi connectivity index (χ1v) is 8.16. The van der Waals surface area contributed by atoms with Crippen LogP contribution in [0.3, 0.4) is 0 Å². The summed E-state index contributed by atoms with van der Waals surface area (Å²) in [5.41, 5.74) is 4.13. The molecule has 2 aromatic rings. The molecular formula is C17H21NOS. The lowest BCUT2D eigenvalue weighted by atomic mass is 10.1. The topological polar surface area (TPSA) is 21.3 Å². The second-order valence-corrected chi connectivity index (χ2v) is 6.41. The van der Waals surface area contributed by atoms with Crippen LogP contribution in [0.5, 0.6) is 5.75 Å². The van der Waals surface area contributed by atoms with Gasteiger partial charge in [0.15, 0.2) is 0 Å². The molecule has 1 unspecified atom stereocenters. The number of fused-ring (bicyclic) bond motifs is 1. The molecule has 0 saturated carbocycles. The molecular weight excluding hydrogens is 266 g/mol. The smallest absolute Gasteiger partial charge is 0.123 e. The third kappa shape index (κ3) is 2.89. The summed E-state index contributed by atoms with van der Waals surface area (Å²) in [4.78, 5) is 1.46. The van der Waals surface area contributed by atoms with E-state index in [-0.39, 0.29) is 6.10 Å². The summed E-state index contributed by atoms with van der Waals surface area (Å²) in [5.74, 6) is 1.06. The van der Waals surface area contributed by atoms with Crippen molar-refractivity contribution in [3.63, 3.8) is 0 Å². The molecule has 0 bridgehead atoms. The van der Waals surface area contributed by atoms with Crippen molar-refractivity contribution < 1.29 is 4.74 Å². The molecule has 2 nitrogen and oxygen atoms in total. The summed E-state index contributed by atoms with van der Waals surface area (Å²) < 4.78 is 5.98. The Morgan fingerprint density at radius 1 is 1.35 bits per heavy atom. The highest BCUT2D eigenvalue weighted by Gasteiger charge is 2.22. The molecule has 1 aliphatic rings. The third-order valence-corrected chi connectivity index (χ3v) is 4.80. The van der Waals surface area contributed by atoms with Gasteiger partial charge in [-0.2, -0.15) is 0 Å². The maximum atomic E-state index is 5.98. The van der Waals surface area contributed by atoms with E-state index in [0.29, 0.717) is 0 Å². The number of rotatable bonds is 5. The minimum Gasteiger partial charge on any atom is -0.488 e. The predicted molar refractivity (Wildman–Crippen MR) is 84.7 cm³/mol. The molecule has 20 heavy (non-hydrogen) atoms. The molecule has 0 amide bonds. The molecule has 0 saturated heterocycles. The van der Waals surface area contributed by atoms with Gasteiger partial charge >= 0.3 is 0 Å². The predicted octanol–water partition coefficient (Wildman–Crippen LogP) is 3.71. The molecule has 1 aliphatic heterocycles. The number of nitrogens with one attached hydrogen (secondary N) is 1. The van der Waals surface area contributed by atoms with Crippen LogP contribution in [0, 0.1) is 6.92 Å². The Bertz CT molecular complexity index is 590. The largest absolute Gasteiger partial charge is 0.488 e. The van der Waals surface area contributed by atoms with E-state index in [0.717, 1.165) is 31.7 Å². The summed E-state index contributed by atoms with van der Waals surface area (Å²) in [7, 11) is 0. The molecule has 106 valence electrons. The Hall–Kier alpha value is -1.32. The van der Waals surface area contributed by atoms with Crippen LogP contribution in [0.1, 0.15) is 28.5 Å². The van der Waals surface area contributed by atoms with E-state index in [4.69, 9.17) is 4.74 Å². The molecule has 3 rings (SSSR count). The van der Waals surface area contributed by atoms with Crippen LogP contribution in [0.4, 0.5) is 0 Å². The number of thiophene rings is 1. The van der Waals surface area contributed by atoms with Crippen LogP contribution in [0.25, 0.3) is 0 Å². The number of ether oxygens (including phenoxy) is 1. The number of hydrogen-bond donors (Lipinski definition) is 1. The molecule has 1 N–H and O–H groups in total. The van der Waals surface area contributed by atoms with Gasteiger partial charge in [0.1, 0.15) is 11.9 Å². The van der Waals surface area contributed by atoms with Crippen molar-refractivity contribution in [2.45, 2.75) is 39.3 Å². The third-order valence-electron chi connectivity index (χ3n) is 3.83. The number of hydrogen-bond acceptors (Lipinski definition) is 3. The van der Waals surface area contributed by atoms with Crippen LogP contribution in [0.2, 0.25) is 0 Å². The Balaban J connectivity index is 1.51. The van der Waals surface area contributed by atoms with Gasteiger partial charge in [-0.05, 0) is 42.0 Å². The van der Waals surface area contributed by atoms with Crippen molar-refractivity contribution in [3.8, 4) is 5.75 Å². The maximum Gasteiger partial charge on any atom is 0.123 e. The zero-order valence-corrected chi connectivity index (χ0v) is 12.9. The van der Waals surface area contributed by atoms with Gasteiger partial charge in [0.2, 0.25) is 0 Å². The second-order valence-electron chi connectivity index (χ2n) is 5.41. The first-order chi connectivity index (χ1) is 9.76. The number of aryl methyl sites for hydroxylation is 2. The standard InChI is InChI=1S/C17H21NOS/c1-3-13-6-7-20-17(13)11-18-10-15-9-14-8-12(2)4-5-16(14)19-15/h4-8,15,18H,3,9-11H2,1-2H3. The van der Waals surface area contributed by atoms with E-state index in [1.165, 1.54) is 21.6 Å². The average molecular weight is 287 g/mol. The Labute approximate surface area is 124 Å². The van der Waals surface area contributed by atoms with Crippen LogP contribution in [-0.4, -0.2) is 12.6 Å². The molecule has 0 radical (unpaired) electrons. The van der Waals surface area contributed by atoms with Gasteiger partial charge < -0.3 is 10.1 Å². The lowest BCUT2D eigenvalue weighted by molar-refractivity contribution is 0.227. The Morgan fingerprint density at radius 2 is 2.25 bits per heavy atom. The van der Waals surface area contributed by atoms with Crippen LogP contribution >= 0.6 is 11.3 Å². The van der Waals surface area contributed by atoms with Crippen molar-refractivity contribution in [2.75, 3.05) is 6.54 Å². The Morgan fingerprint density at radius 3 is 3.10 bits per heavy atom. The van der Waals surface area contributed by atoms with E-state index in [9.17, 15) is 0 Å². The van der Waals surface area contributed by atoms with Crippen LogP contribution < -0.4 is 10.1 Å². The SMILES string of the molecule is CCc1ccsc1CNCC1Cc2cc(C)ccc2O1. The van der Waals surface area contributed by atoms with E-state index in [2.05, 4.69) is 48.8 Å². The molecule has 1 aromatic heterocycles. The van der Waals surface area contributed by atoms with Crippen molar-refractivity contribution in [2.24, 2.45) is 0 Å². The quantitative estimate of drug-likeness (QED) is 0.905. The van der Waals surface area contributed by atoms with E-state index in [1.807, 2.05) is 11.3 Å². The lowest BCUT2D eigenvalue weighted by Gasteiger charge is -2.11. The van der Waals surface area contributed by atoms with Gasteiger partial charge in [-0.25, -0.2) is 0 Å². The first kappa shape index (κ1) is 13.7. The summed E-state index contributed by atoms with van der Waals surface area (Å²) in [5, 5.41) is 5.72. The van der Waals surface area contributed by atoms with Gasteiger partial charge in [0, 0.05) is 24.4 Å². The normalized spacial score (nSPS) is 17.0. The van der Waals surface area contributed by atoms with E-state index < -0.39 is 0 Å². The zero-order chi connectivity index (χ0) is 13.9. The Kier molecular flexibility index (Phi) is 4.08. The summed E-state index contributed by atoms with van der Waals surface area (Å²) >= 11 is 1.84. The minimum absolute atomic E-state index is 0.275. The molecule has 1 atom stereocenters. The molecule has 0 fully saturated rings. The van der Waals surface area contributed by atoms with Gasteiger partial charge in [0.25, 0.3) is 0 Å². The van der Waals surface area contributed by atoms with Gasteiger partial charge in [0.05, 0.1) is 0 Å². The van der Waals surface area contributed by atoms with Crippen molar-refractivity contribution >= 4 is 11.3 Å². The fraction of sp³-hybridized carbons (Fsp3) is 0.412. The monoisotopic (exact) mass is 287 g/mol. The van der Waals surface area contributed by atoms with E-state index in [1.54, 1.807) is 0 Å². The van der Waals surface area contributed by atoms with Gasteiger partial charge in [-0.3, -0.25) is 0 Å². The van der Waals surface area contributed by atoms with Crippen molar-refractivity contribution in [1.82, 2.24) is 5.32 Å². The highest BCUT2D eigenvalue weighted by molar-refractivity contribution is 7.10. The molecule has 3 heteroatoms. The average Bonchev–Trinajstić information content (AvgIpc) is 3.04. The highest BCUT2D eigenvalue weighted by atomic mass is 32.1. The van der Waals surface area contributed by atoms with Crippen molar-refractivity contribution in [1.29, 1.82) is 0 Å². The van der Waals surface area contributed by atoms with E-state index >= 15 is 0 Å². The summed E-state index contributed by atoms with van der Waals surface area (Å²) in [6, 6.07) is 8.68. The fourth-order valence-corrected chi connectivity index (χ4v) is 3.69. The van der Waals surface area contributed by atoms with Crippen LogP contribution in [0.15, 0.2) is 29.6 Å². The number of benzene rings is 1. The van der Waals surface area contributed by atoms with Gasteiger partial charge in [-0.15, -0.1) is 11.3 Å². The molecule has 2 heterocycles. The fourth-order valence-electron chi connectivity index (χ4n) is 2.75.